The van der Waals surface area contributed by atoms with Crippen molar-refractivity contribution in [1.82, 2.24) is 4.98 Å². The van der Waals surface area contributed by atoms with Crippen LogP contribution in [0.3, 0.4) is 0 Å². The molecule has 0 spiro atoms. The van der Waals surface area contributed by atoms with E-state index in [9.17, 15) is 4.79 Å². The molecule has 1 heterocycles. The molecule has 1 saturated carbocycles. The fraction of sp³-hybridized carbons (Fsp3) is 0.571. The molecule has 1 fully saturated rings. The van der Waals surface area contributed by atoms with Crippen LogP contribution in [0.1, 0.15) is 35.0 Å². The minimum atomic E-state index is -0.488. The van der Waals surface area contributed by atoms with Crippen LogP contribution >= 0.6 is 0 Å². The molecule has 1 aromatic rings. The van der Waals surface area contributed by atoms with Crippen molar-refractivity contribution in [2.45, 2.75) is 45.4 Å². The van der Waals surface area contributed by atoms with E-state index in [1.807, 2.05) is 26.8 Å². The molecule has 0 aromatic carbocycles. The Bertz CT molecular complexity index is 516. The first-order valence-electron chi connectivity index (χ1n) is 6.85. The van der Waals surface area contributed by atoms with E-state index in [4.69, 9.17) is 16.2 Å². The summed E-state index contributed by atoms with van der Waals surface area (Å²) in [5, 5.41) is 3.23. The number of rotatable bonds is 5. The van der Waals surface area contributed by atoms with Crippen LogP contribution in [0, 0.1) is 13.8 Å². The van der Waals surface area contributed by atoms with Crippen molar-refractivity contribution < 1.29 is 9.53 Å². The number of carbonyl (C=O) groups excluding carboxylic acids is 1. The summed E-state index contributed by atoms with van der Waals surface area (Å²) < 4.78 is 5.61. The van der Waals surface area contributed by atoms with Crippen LogP contribution in [-0.2, 0) is 4.74 Å². The van der Waals surface area contributed by atoms with E-state index in [-0.39, 0.29) is 18.2 Å². The molecule has 0 aliphatic heterocycles. The van der Waals surface area contributed by atoms with Crippen LogP contribution in [0.25, 0.3) is 0 Å². The Morgan fingerprint density at radius 1 is 1.55 bits per heavy atom. The molecular formula is C14H22N4O2. The normalized spacial score (nSPS) is 25.1. The molecule has 0 bridgehead atoms. The maximum absolute atomic E-state index is 11.6. The second kappa shape index (κ2) is 5.76. The highest BCUT2D eigenvalue weighted by molar-refractivity contribution is 5.99. The predicted molar refractivity (Wildman–Crippen MR) is 77.6 cm³/mol. The summed E-state index contributed by atoms with van der Waals surface area (Å²) in [6.45, 7) is 6.31. The summed E-state index contributed by atoms with van der Waals surface area (Å²) in [7, 11) is 0. The number of hydrogen-bond acceptors (Lipinski definition) is 5. The molecule has 0 radical (unpaired) electrons. The number of ether oxygens (including phenoxy) is 1. The zero-order valence-electron chi connectivity index (χ0n) is 12.1. The van der Waals surface area contributed by atoms with E-state index in [1.54, 1.807) is 0 Å². The van der Waals surface area contributed by atoms with E-state index >= 15 is 0 Å². The summed E-state index contributed by atoms with van der Waals surface area (Å²) in [6, 6.07) is 1.79. The van der Waals surface area contributed by atoms with Gasteiger partial charge in [0.25, 0.3) is 5.91 Å². The lowest BCUT2D eigenvalue weighted by atomic mass is 9.83. The summed E-state index contributed by atoms with van der Waals surface area (Å²) in [6.07, 6.45) is 0.862. The first-order chi connectivity index (χ1) is 9.43. The zero-order valence-corrected chi connectivity index (χ0v) is 12.1. The fourth-order valence-corrected chi connectivity index (χ4v) is 2.64. The number of pyridine rings is 1. The van der Waals surface area contributed by atoms with Gasteiger partial charge in [0.15, 0.2) is 0 Å². The second-order valence-electron chi connectivity index (χ2n) is 5.23. The largest absolute Gasteiger partial charge is 0.376 e. The molecule has 3 unspecified atom stereocenters. The van der Waals surface area contributed by atoms with Gasteiger partial charge in [-0.05, 0) is 38.8 Å². The summed E-state index contributed by atoms with van der Waals surface area (Å²) >= 11 is 0. The van der Waals surface area contributed by atoms with Gasteiger partial charge in [0.1, 0.15) is 5.82 Å². The average Bonchev–Trinajstić information content (AvgIpc) is 2.34. The molecule has 1 aromatic heterocycles. The number of hydrogen-bond donors (Lipinski definition) is 3. The third kappa shape index (κ3) is 2.76. The van der Waals surface area contributed by atoms with E-state index < -0.39 is 5.91 Å². The number of primary amides is 1. The zero-order chi connectivity index (χ0) is 14.9. The molecule has 20 heavy (non-hydrogen) atoms. The lowest BCUT2D eigenvalue weighted by Crippen LogP contribution is -2.60. The third-order valence-electron chi connectivity index (χ3n) is 3.64. The highest BCUT2D eigenvalue weighted by Crippen LogP contribution is 2.28. The minimum absolute atomic E-state index is 0.00473. The van der Waals surface area contributed by atoms with Gasteiger partial charge in [0.05, 0.1) is 17.7 Å². The molecule has 1 amide bonds. The van der Waals surface area contributed by atoms with Crippen LogP contribution in [0.5, 0.6) is 0 Å². The Morgan fingerprint density at radius 2 is 2.25 bits per heavy atom. The molecule has 1 aliphatic rings. The van der Waals surface area contributed by atoms with Gasteiger partial charge >= 0.3 is 0 Å². The number of nitrogens with one attached hydrogen (secondary N) is 1. The van der Waals surface area contributed by atoms with Crippen molar-refractivity contribution in [3.63, 3.8) is 0 Å². The molecule has 6 nitrogen and oxygen atoms in total. The average molecular weight is 278 g/mol. The Labute approximate surface area is 118 Å². The van der Waals surface area contributed by atoms with Crippen molar-refractivity contribution in [3.8, 4) is 0 Å². The standard InChI is InChI=1S/C14H22N4O2/c1-4-20-10-6-9(15)12(10)18-14-11(13(16)19)7(2)5-8(3)17-14/h5,9-10,12H,4,6,15H2,1-3H3,(H2,16,19)(H,17,18). The van der Waals surface area contributed by atoms with Crippen molar-refractivity contribution in [2.75, 3.05) is 11.9 Å². The maximum Gasteiger partial charge on any atom is 0.252 e. The van der Waals surface area contributed by atoms with Crippen LogP contribution in [0.15, 0.2) is 6.07 Å². The van der Waals surface area contributed by atoms with Gasteiger partial charge in [-0.15, -0.1) is 0 Å². The van der Waals surface area contributed by atoms with E-state index in [1.165, 1.54) is 0 Å². The molecule has 3 atom stereocenters. The van der Waals surface area contributed by atoms with Crippen molar-refractivity contribution in [2.24, 2.45) is 11.5 Å². The first-order valence-corrected chi connectivity index (χ1v) is 6.85. The van der Waals surface area contributed by atoms with Gasteiger partial charge in [-0.1, -0.05) is 0 Å². The molecule has 6 heteroatoms. The fourth-order valence-electron chi connectivity index (χ4n) is 2.64. The Balaban J connectivity index is 2.26. The van der Waals surface area contributed by atoms with E-state index in [2.05, 4.69) is 10.3 Å². The molecule has 1 aliphatic carbocycles. The van der Waals surface area contributed by atoms with Gasteiger partial charge in [-0.2, -0.15) is 0 Å². The summed E-state index contributed by atoms with van der Waals surface area (Å²) in [5.41, 5.74) is 13.5. The highest BCUT2D eigenvalue weighted by atomic mass is 16.5. The number of carbonyl (C=O) groups is 1. The molecular weight excluding hydrogens is 256 g/mol. The van der Waals surface area contributed by atoms with Gasteiger partial charge in [0, 0.05) is 18.3 Å². The smallest absolute Gasteiger partial charge is 0.252 e. The van der Waals surface area contributed by atoms with E-state index in [0.717, 1.165) is 17.7 Å². The van der Waals surface area contributed by atoms with Crippen LogP contribution in [-0.4, -0.2) is 35.7 Å². The molecule has 110 valence electrons. The minimum Gasteiger partial charge on any atom is -0.376 e. The van der Waals surface area contributed by atoms with Gasteiger partial charge < -0.3 is 21.5 Å². The highest BCUT2D eigenvalue weighted by Gasteiger charge is 2.40. The SMILES string of the molecule is CCOC1CC(N)C1Nc1nc(C)cc(C)c1C(N)=O. The second-order valence-corrected chi connectivity index (χ2v) is 5.23. The van der Waals surface area contributed by atoms with Crippen LogP contribution in [0.2, 0.25) is 0 Å². The Hall–Kier alpha value is -1.66. The maximum atomic E-state index is 11.6. The Morgan fingerprint density at radius 3 is 2.80 bits per heavy atom. The predicted octanol–water partition coefficient (Wildman–Crippen LogP) is 0.714. The third-order valence-corrected chi connectivity index (χ3v) is 3.64. The van der Waals surface area contributed by atoms with Gasteiger partial charge in [-0.25, -0.2) is 4.98 Å². The van der Waals surface area contributed by atoms with E-state index in [0.29, 0.717) is 18.0 Å². The van der Waals surface area contributed by atoms with Crippen molar-refractivity contribution in [3.05, 3.63) is 22.9 Å². The number of nitrogens with zero attached hydrogens (tertiary/aromatic N) is 1. The van der Waals surface area contributed by atoms with Crippen molar-refractivity contribution in [1.29, 1.82) is 0 Å². The lowest BCUT2D eigenvalue weighted by molar-refractivity contribution is -0.0127. The number of nitrogens with two attached hydrogens (primary N) is 2. The number of amides is 1. The molecule has 0 saturated heterocycles. The molecule has 2 rings (SSSR count). The quantitative estimate of drug-likeness (QED) is 0.736. The van der Waals surface area contributed by atoms with Crippen LogP contribution < -0.4 is 16.8 Å². The lowest BCUT2D eigenvalue weighted by Gasteiger charge is -2.43. The number of aryl methyl sites for hydroxylation is 2. The van der Waals surface area contributed by atoms with Crippen LogP contribution in [0.4, 0.5) is 5.82 Å². The molecule has 5 N–H and O–H groups in total. The summed E-state index contributed by atoms with van der Waals surface area (Å²) in [4.78, 5) is 16.0. The Kier molecular flexibility index (Phi) is 4.25. The van der Waals surface area contributed by atoms with Gasteiger partial charge in [-0.3, -0.25) is 4.79 Å². The van der Waals surface area contributed by atoms with Crippen molar-refractivity contribution >= 4 is 11.7 Å². The summed E-state index contributed by atoms with van der Waals surface area (Å²) in [5.74, 6) is 0.0122. The number of aromatic nitrogens is 1. The topological polar surface area (TPSA) is 103 Å². The first kappa shape index (κ1) is 14.7. The number of anilines is 1. The monoisotopic (exact) mass is 278 g/mol. The van der Waals surface area contributed by atoms with Gasteiger partial charge in [0.2, 0.25) is 0 Å².